The van der Waals surface area contributed by atoms with Gasteiger partial charge in [0.05, 0.1) is 6.42 Å². The number of carbonyl (C=O) groups is 3. The average molecular weight is 545 g/mol. The van der Waals surface area contributed by atoms with Crippen molar-refractivity contribution >= 4 is 41.3 Å². The number of nitrogens with one attached hydrogen (secondary N) is 1. The molecule has 194 valence electrons. The van der Waals surface area contributed by atoms with Gasteiger partial charge < -0.3 is 10.1 Å². The van der Waals surface area contributed by atoms with E-state index in [9.17, 15) is 14.4 Å². The van der Waals surface area contributed by atoms with E-state index in [0.29, 0.717) is 17.2 Å². The van der Waals surface area contributed by atoms with Crippen molar-refractivity contribution in [3.05, 3.63) is 119 Å². The van der Waals surface area contributed by atoms with Crippen LogP contribution in [0.1, 0.15) is 22.8 Å². The monoisotopic (exact) mass is 544 g/mol. The molecule has 2 aliphatic rings. The third kappa shape index (κ3) is 5.51. The summed E-state index contributed by atoms with van der Waals surface area (Å²) in [5.74, 6) is 0.169. The molecule has 3 aromatic carbocycles. The summed E-state index contributed by atoms with van der Waals surface area (Å²) in [5.41, 5.74) is 3.75. The van der Waals surface area contributed by atoms with Crippen LogP contribution in [-0.2, 0) is 25.5 Å². The van der Waals surface area contributed by atoms with Crippen LogP contribution >= 0.6 is 23.5 Å². The van der Waals surface area contributed by atoms with Crippen LogP contribution in [-0.4, -0.2) is 51.9 Å². The first-order chi connectivity index (χ1) is 18.6. The molecular weight excluding hydrogens is 516 g/mol. The van der Waals surface area contributed by atoms with E-state index in [4.69, 9.17) is 4.74 Å². The fourth-order valence-electron chi connectivity index (χ4n) is 4.71. The van der Waals surface area contributed by atoms with Gasteiger partial charge in [-0.15, -0.1) is 11.8 Å². The predicted octanol–water partition coefficient (Wildman–Crippen LogP) is 4.58. The van der Waals surface area contributed by atoms with Crippen LogP contribution < -0.4 is 5.32 Å². The molecule has 1 unspecified atom stereocenters. The maximum atomic E-state index is 13.8. The van der Waals surface area contributed by atoms with E-state index in [2.05, 4.69) is 5.32 Å². The molecule has 0 aromatic heterocycles. The Labute approximate surface area is 230 Å². The Morgan fingerprint density at radius 2 is 1.55 bits per heavy atom. The van der Waals surface area contributed by atoms with Crippen molar-refractivity contribution in [1.29, 1.82) is 0 Å². The van der Waals surface area contributed by atoms with Crippen molar-refractivity contribution < 1.29 is 19.1 Å². The molecule has 6 nitrogen and oxygen atoms in total. The van der Waals surface area contributed by atoms with E-state index in [1.807, 2.05) is 97.3 Å². The largest absolute Gasteiger partial charge is 0.448 e. The SMILES string of the molecule is CSCC1=C(C(=O)OC(c2ccccc2)c2ccccc2)N2C(=O)C(NC(=O)Cc3ccccc3)[C@@H]2SC1. The third-order valence-electron chi connectivity index (χ3n) is 6.51. The lowest BCUT2D eigenvalue weighted by Gasteiger charge is -2.49. The van der Waals surface area contributed by atoms with Crippen molar-refractivity contribution in [2.24, 2.45) is 0 Å². The van der Waals surface area contributed by atoms with Gasteiger partial charge in [0.15, 0.2) is 6.10 Å². The van der Waals surface area contributed by atoms with Gasteiger partial charge >= 0.3 is 5.97 Å². The third-order valence-corrected chi connectivity index (χ3v) is 8.49. The topological polar surface area (TPSA) is 75.7 Å². The number of β-lactam (4-membered cyclic amide) rings is 1. The van der Waals surface area contributed by atoms with Crippen molar-refractivity contribution in [2.75, 3.05) is 17.8 Å². The highest BCUT2D eigenvalue weighted by atomic mass is 32.2. The number of carbonyl (C=O) groups excluding carboxylic acids is 3. The number of ether oxygens (including phenoxy) is 1. The highest BCUT2D eigenvalue weighted by molar-refractivity contribution is 8.00. The maximum Gasteiger partial charge on any atom is 0.356 e. The minimum atomic E-state index is -0.672. The Morgan fingerprint density at radius 1 is 0.974 bits per heavy atom. The number of amides is 2. The van der Waals surface area contributed by atoms with E-state index in [1.165, 1.54) is 4.90 Å². The Morgan fingerprint density at radius 3 is 2.13 bits per heavy atom. The second-order valence-electron chi connectivity index (χ2n) is 9.11. The van der Waals surface area contributed by atoms with E-state index < -0.39 is 18.1 Å². The summed E-state index contributed by atoms with van der Waals surface area (Å²) in [6.07, 6.45) is 1.55. The predicted molar refractivity (Wildman–Crippen MR) is 151 cm³/mol. The molecule has 3 aromatic rings. The van der Waals surface area contributed by atoms with E-state index in [0.717, 1.165) is 22.3 Å². The minimum absolute atomic E-state index is 0.195. The van der Waals surface area contributed by atoms with Crippen LogP contribution in [0, 0.1) is 0 Å². The molecule has 0 radical (unpaired) electrons. The Balaban J connectivity index is 1.36. The lowest BCUT2D eigenvalue weighted by atomic mass is 10.0. The van der Waals surface area contributed by atoms with Crippen molar-refractivity contribution in [3.8, 4) is 0 Å². The molecule has 38 heavy (non-hydrogen) atoms. The van der Waals surface area contributed by atoms with Gasteiger partial charge in [0.1, 0.15) is 17.1 Å². The fraction of sp³-hybridized carbons (Fsp3) is 0.233. The molecule has 1 saturated heterocycles. The highest BCUT2D eigenvalue weighted by Gasteiger charge is 2.54. The summed E-state index contributed by atoms with van der Waals surface area (Å²) < 4.78 is 6.14. The van der Waals surface area contributed by atoms with Crippen LogP contribution in [0.15, 0.2) is 102 Å². The average Bonchev–Trinajstić information content (AvgIpc) is 2.96. The number of fused-ring (bicyclic) bond motifs is 1. The molecule has 2 aliphatic heterocycles. The summed E-state index contributed by atoms with van der Waals surface area (Å²) in [5, 5.41) is 2.54. The zero-order valence-electron chi connectivity index (χ0n) is 20.9. The summed E-state index contributed by atoms with van der Waals surface area (Å²) >= 11 is 3.16. The van der Waals surface area contributed by atoms with Crippen LogP contribution in [0.5, 0.6) is 0 Å². The number of esters is 1. The molecule has 1 N–H and O–H groups in total. The van der Waals surface area contributed by atoms with Gasteiger partial charge in [0.25, 0.3) is 5.91 Å². The van der Waals surface area contributed by atoms with Crippen molar-refractivity contribution in [1.82, 2.24) is 10.2 Å². The van der Waals surface area contributed by atoms with E-state index in [1.54, 1.807) is 23.5 Å². The molecule has 0 saturated carbocycles. The quantitative estimate of drug-likeness (QED) is 0.314. The van der Waals surface area contributed by atoms with Crippen LogP contribution in [0.25, 0.3) is 0 Å². The summed E-state index contributed by atoms with van der Waals surface area (Å²) in [6.45, 7) is 0. The molecular formula is C30H28N2O4S2. The minimum Gasteiger partial charge on any atom is -0.448 e. The molecule has 1 fully saturated rings. The first kappa shape index (κ1) is 26.1. The molecule has 8 heteroatoms. The van der Waals surface area contributed by atoms with Gasteiger partial charge in [0, 0.05) is 11.5 Å². The number of hydrogen-bond donors (Lipinski definition) is 1. The molecule has 0 aliphatic carbocycles. The Kier molecular flexibility index (Phi) is 8.20. The van der Waals surface area contributed by atoms with Crippen LogP contribution in [0.2, 0.25) is 0 Å². The van der Waals surface area contributed by atoms with Crippen molar-refractivity contribution in [3.63, 3.8) is 0 Å². The second kappa shape index (κ2) is 11.9. The number of rotatable bonds is 9. The Hall–Kier alpha value is -3.49. The number of hydrogen-bond acceptors (Lipinski definition) is 6. The van der Waals surface area contributed by atoms with Crippen LogP contribution in [0.4, 0.5) is 0 Å². The number of benzene rings is 3. The molecule has 0 bridgehead atoms. The lowest BCUT2D eigenvalue weighted by Crippen LogP contribution is -2.70. The standard InChI is InChI=1S/C30H28N2O4S2/c1-37-18-23-19-38-29-25(31-24(33)17-20-11-5-2-6-12-20)28(34)32(29)26(23)30(35)36-27(21-13-7-3-8-14-21)22-15-9-4-10-16-22/h2-16,25,27,29H,17-19H2,1H3,(H,31,33)/t25?,29-/m0/s1. The normalized spacial score (nSPS) is 18.6. The second-order valence-corrected chi connectivity index (χ2v) is 11.1. The van der Waals surface area contributed by atoms with Crippen molar-refractivity contribution in [2.45, 2.75) is 23.9 Å². The molecule has 5 rings (SSSR count). The molecule has 2 amide bonds. The maximum absolute atomic E-state index is 13.8. The summed E-state index contributed by atoms with van der Waals surface area (Å²) in [4.78, 5) is 41.3. The van der Waals surface area contributed by atoms with Gasteiger partial charge in [-0.1, -0.05) is 91.0 Å². The van der Waals surface area contributed by atoms with Gasteiger partial charge in [-0.25, -0.2) is 4.79 Å². The number of nitrogens with zero attached hydrogens (tertiary/aromatic N) is 1. The van der Waals surface area contributed by atoms with Crippen LogP contribution in [0.3, 0.4) is 0 Å². The lowest BCUT2D eigenvalue weighted by molar-refractivity contribution is -0.154. The summed E-state index contributed by atoms with van der Waals surface area (Å²) in [7, 11) is 0. The van der Waals surface area contributed by atoms with Gasteiger partial charge in [0.2, 0.25) is 5.91 Å². The first-order valence-electron chi connectivity index (χ1n) is 12.4. The smallest absolute Gasteiger partial charge is 0.356 e. The van der Waals surface area contributed by atoms with Gasteiger partial charge in [-0.05, 0) is 28.5 Å². The molecule has 2 atom stereocenters. The molecule has 2 heterocycles. The van der Waals surface area contributed by atoms with E-state index in [-0.39, 0.29) is 23.6 Å². The zero-order valence-corrected chi connectivity index (χ0v) is 22.5. The van der Waals surface area contributed by atoms with E-state index >= 15 is 0 Å². The van der Waals surface area contributed by atoms with Gasteiger partial charge in [-0.3, -0.25) is 14.5 Å². The first-order valence-corrected chi connectivity index (χ1v) is 14.8. The molecule has 0 spiro atoms. The highest BCUT2D eigenvalue weighted by Crippen LogP contribution is 2.42. The zero-order chi connectivity index (χ0) is 26.5. The van der Waals surface area contributed by atoms with Gasteiger partial charge in [-0.2, -0.15) is 11.8 Å². The number of thioether (sulfide) groups is 2. The fourth-order valence-corrected chi connectivity index (χ4v) is 6.77. The Bertz CT molecular complexity index is 1290. The summed E-state index contributed by atoms with van der Waals surface area (Å²) in [6, 6.07) is 27.9.